The van der Waals surface area contributed by atoms with Crippen molar-refractivity contribution in [2.45, 2.75) is 51.7 Å². The van der Waals surface area contributed by atoms with Crippen LogP contribution in [-0.2, 0) is 19.1 Å². The third kappa shape index (κ3) is 3.59. The number of nitrogens with zero attached hydrogens (tertiary/aromatic N) is 1. The summed E-state index contributed by atoms with van der Waals surface area (Å²) in [4.78, 5) is 35.5. The quantitative estimate of drug-likeness (QED) is 0.780. The van der Waals surface area contributed by atoms with Crippen molar-refractivity contribution in [3.05, 3.63) is 0 Å². The van der Waals surface area contributed by atoms with Crippen LogP contribution in [-0.4, -0.2) is 45.9 Å². The molecular weight excluding hydrogens is 254 g/mol. The highest BCUT2D eigenvalue weighted by atomic mass is 16.6. The predicted molar refractivity (Wildman–Crippen MR) is 64.3 cm³/mol. The third-order valence-electron chi connectivity index (χ3n) is 2.80. The molecule has 1 atom stereocenters. The molecule has 19 heavy (non-hydrogen) atoms. The van der Waals surface area contributed by atoms with E-state index in [1.165, 1.54) is 6.92 Å². The fourth-order valence-electron chi connectivity index (χ4n) is 1.69. The predicted octanol–water partition coefficient (Wildman–Crippen LogP) is 1.36. The molecule has 0 bridgehead atoms. The Morgan fingerprint density at radius 1 is 1.47 bits per heavy atom. The first-order chi connectivity index (χ1) is 8.56. The van der Waals surface area contributed by atoms with Gasteiger partial charge in [-0.2, -0.15) is 0 Å². The van der Waals surface area contributed by atoms with E-state index in [2.05, 4.69) is 0 Å². The minimum atomic E-state index is -1.29. The number of aliphatic carboxylic acids is 1. The molecule has 1 unspecified atom stereocenters. The van der Waals surface area contributed by atoms with Gasteiger partial charge < -0.3 is 14.6 Å². The lowest BCUT2D eigenvalue weighted by Crippen LogP contribution is -2.50. The molecule has 0 aromatic heterocycles. The van der Waals surface area contributed by atoms with E-state index >= 15 is 0 Å². The topological polar surface area (TPSA) is 93.1 Å². The summed E-state index contributed by atoms with van der Waals surface area (Å²) in [7, 11) is 0. The maximum atomic E-state index is 12.0. The first kappa shape index (κ1) is 15.3. The number of ether oxygens (including phenoxy) is 2. The van der Waals surface area contributed by atoms with Crippen LogP contribution in [0.25, 0.3) is 0 Å². The van der Waals surface area contributed by atoms with Crippen molar-refractivity contribution in [1.82, 2.24) is 4.90 Å². The van der Waals surface area contributed by atoms with Gasteiger partial charge in [0.15, 0.2) is 6.73 Å². The third-order valence-corrected chi connectivity index (χ3v) is 2.80. The van der Waals surface area contributed by atoms with Gasteiger partial charge in [0.05, 0.1) is 0 Å². The van der Waals surface area contributed by atoms with Gasteiger partial charge >= 0.3 is 18.0 Å². The van der Waals surface area contributed by atoms with Gasteiger partial charge in [-0.15, -0.1) is 0 Å². The molecule has 0 spiro atoms. The smallest absolute Gasteiger partial charge is 0.413 e. The van der Waals surface area contributed by atoms with Crippen LogP contribution in [0.4, 0.5) is 4.79 Å². The lowest BCUT2D eigenvalue weighted by atomic mass is 9.95. The Bertz CT molecular complexity index is 400. The Labute approximate surface area is 111 Å². The van der Waals surface area contributed by atoms with Crippen LogP contribution in [0.1, 0.15) is 40.5 Å². The van der Waals surface area contributed by atoms with Gasteiger partial charge in [-0.05, 0) is 34.1 Å². The average molecular weight is 273 g/mol. The van der Waals surface area contributed by atoms with Crippen LogP contribution < -0.4 is 0 Å². The summed E-state index contributed by atoms with van der Waals surface area (Å²) in [5, 5.41) is 8.70. The number of cyclic esters (lactones) is 1. The SMILES string of the molecule is CC(C)(C)OC(=O)N1COC(=O)C1(C)CCC(=O)O. The number of rotatable bonds is 3. The van der Waals surface area contributed by atoms with Crippen molar-refractivity contribution in [3.63, 3.8) is 0 Å². The van der Waals surface area contributed by atoms with Crippen molar-refractivity contribution in [2.75, 3.05) is 6.73 Å². The van der Waals surface area contributed by atoms with E-state index in [-0.39, 0.29) is 19.6 Å². The molecule has 0 aliphatic carbocycles. The summed E-state index contributed by atoms with van der Waals surface area (Å²) < 4.78 is 10.0. The van der Waals surface area contributed by atoms with Crippen LogP contribution in [0, 0.1) is 0 Å². The number of carboxylic acid groups (broad SMARTS) is 1. The van der Waals surface area contributed by atoms with Crippen molar-refractivity contribution in [3.8, 4) is 0 Å². The number of carboxylic acids is 1. The molecular formula is C12H19NO6. The molecule has 0 radical (unpaired) electrons. The molecule has 1 rings (SSSR count). The van der Waals surface area contributed by atoms with E-state index in [1.54, 1.807) is 20.8 Å². The molecule has 0 aromatic carbocycles. The monoisotopic (exact) mass is 273 g/mol. The van der Waals surface area contributed by atoms with Crippen molar-refractivity contribution in [2.24, 2.45) is 0 Å². The van der Waals surface area contributed by atoms with E-state index in [1.807, 2.05) is 0 Å². The largest absolute Gasteiger partial charge is 0.481 e. The summed E-state index contributed by atoms with van der Waals surface area (Å²) >= 11 is 0. The number of esters is 1. The summed E-state index contributed by atoms with van der Waals surface area (Å²) in [6.45, 7) is 6.38. The van der Waals surface area contributed by atoms with Crippen LogP contribution in [0.5, 0.6) is 0 Å². The summed E-state index contributed by atoms with van der Waals surface area (Å²) in [5.74, 6) is -1.65. The molecule has 1 saturated heterocycles. The van der Waals surface area contributed by atoms with E-state index < -0.39 is 29.2 Å². The van der Waals surface area contributed by atoms with E-state index in [9.17, 15) is 14.4 Å². The lowest BCUT2D eigenvalue weighted by molar-refractivity contribution is -0.143. The molecule has 0 aromatic rings. The average Bonchev–Trinajstić information content (AvgIpc) is 2.51. The van der Waals surface area contributed by atoms with Crippen LogP contribution in [0.3, 0.4) is 0 Å². The summed E-state index contributed by atoms with van der Waals surface area (Å²) in [6, 6.07) is 0. The molecule has 1 aliphatic rings. The number of hydrogen-bond donors (Lipinski definition) is 1. The summed E-state index contributed by atoms with van der Waals surface area (Å²) in [5.41, 5.74) is -1.99. The molecule has 108 valence electrons. The second-order valence-electron chi connectivity index (χ2n) is 5.64. The fraction of sp³-hybridized carbons (Fsp3) is 0.750. The Balaban J connectivity index is 2.84. The maximum Gasteiger partial charge on any atom is 0.413 e. The Hall–Kier alpha value is -1.79. The maximum absolute atomic E-state index is 12.0. The van der Waals surface area contributed by atoms with Gasteiger partial charge in [0.2, 0.25) is 0 Å². The van der Waals surface area contributed by atoms with Gasteiger partial charge in [-0.1, -0.05) is 0 Å². The minimum Gasteiger partial charge on any atom is -0.481 e. The van der Waals surface area contributed by atoms with Crippen LogP contribution in [0.2, 0.25) is 0 Å². The molecule has 1 fully saturated rings. The number of carbonyl (C=O) groups excluding carboxylic acids is 2. The van der Waals surface area contributed by atoms with Gasteiger partial charge in [-0.3, -0.25) is 9.69 Å². The number of amides is 1. The zero-order valence-electron chi connectivity index (χ0n) is 11.6. The number of carbonyl (C=O) groups is 3. The molecule has 1 aliphatic heterocycles. The minimum absolute atomic E-state index is 0.0135. The zero-order chi connectivity index (χ0) is 14.8. The van der Waals surface area contributed by atoms with Gasteiger partial charge in [0.25, 0.3) is 0 Å². The summed E-state index contributed by atoms with van der Waals surface area (Å²) in [6.07, 6.45) is -0.933. The molecule has 0 saturated carbocycles. The van der Waals surface area contributed by atoms with Crippen molar-refractivity contribution in [1.29, 1.82) is 0 Å². The zero-order valence-corrected chi connectivity index (χ0v) is 11.6. The normalized spacial score (nSPS) is 23.2. The van der Waals surface area contributed by atoms with E-state index in [0.29, 0.717) is 0 Å². The second-order valence-corrected chi connectivity index (χ2v) is 5.64. The lowest BCUT2D eigenvalue weighted by Gasteiger charge is -2.31. The van der Waals surface area contributed by atoms with E-state index in [0.717, 1.165) is 4.90 Å². The Morgan fingerprint density at radius 3 is 2.53 bits per heavy atom. The second kappa shape index (κ2) is 5.07. The molecule has 1 heterocycles. The standard InChI is InChI=1S/C12H19NO6/c1-11(2,3)19-10(17)13-7-18-9(16)12(13,4)6-5-8(14)15/h5-7H2,1-4H3,(H,14,15). The first-order valence-corrected chi connectivity index (χ1v) is 5.96. The number of hydrogen-bond acceptors (Lipinski definition) is 5. The first-order valence-electron chi connectivity index (χ1n) is 5.96. The highest BCUT2D eigenvalue weighted by Crippen LogP contribution is 2.30. The van der Waals surface area contributed by atoms with Gasteiger partial charge in [-0.25, -0.2) is 9.59 Å². The fourth-order valence-corrected chi connectivity index (χ4v) is 1.69. The Kier molecular flexibility index (Phi) is 4.07. The van der Waals surface area contributed by atoms with Gasteiger partial charge in [0.1, 0.15) is 11.1 Å². The molecule has 1 amide bonds. The highest BCUT2D eigenvalue weighted by molar-refractivity contribution is 5.88. The van der Waals surface area contributed by atoms with Gasteiger partial charge in [0, 0.05) is 6.42 Å². The molecule has 7 heteroatoms. The van der Waals surface area contributed by atoms with E-state index in [4.69, 9.17) is 14.6 Å². The Morgan fingerprint density at radius 2 is 2.05 bits per heavy atom. The molecule has 1 N–H and O–H groups in total. The van der Waals surface area contributed by atoms with Crippen LogP contribution >= 0.6 is 0 Å². The van der Waals surface area contributed by atoms with Crippen molar-refractivity contribution >= 4 is 18.0 Å². The van der Waals surface area contributed by atoms with Crippen molar-refractivity contribution < 1.29 is 29.0 Å². The highest BCUT2D eigenvalue weighted by Gasteiger charge is 2.50. The van der Waals surface area contributed by atoms with Crippen LogP contribution in [0.15, 0.2) is 0 Å². The molecule has 7 nitrogen and oxygen atoms in total.